The number of fused-ring (bicyclic) bond motifs is 1. The molecular weight excluding hydrogens is 352 g/mol. The third kappa shape index (κ3) is 4.05. The lowest BCUT2D eigenvalue weighted by atomic mass is 10.2. The molecule has 1 N–H and O–H groups in total. The van der Waals surface area contributed by atoms with E-state index in [1.165, 1.54) is 12.1 Å². The van der Waals surface area contributed by atoms with Gasteiger partial charge in [0.1, 0.15) is 5.75 Å². The Kier molecular flexibility index (Phi) is 4.99. The number of rotatable bonds is 6. The minimum Gasteiger partial charge on any atom is -0.484 e. The predicted molar refractivity (Wildman–Crippen MR) is 101 cm³/mol. The molecule has 0 bridgehead atoms. The molecule has 0 saturated carbocycles. The zero-order valence-electron chi connectivity index (χ0n) is 14.6. The van der Waals surface area contributed by atoms with Crippen molar-refractivity contribution in [2.75, 3.05) is 18.2 Å². The number of aryl methyl sites for hydroxylation is 1. The number of aromatic nitrogens is 1. The van der Waals surface area contributed by atoms with E-state index in [9.17, 15) is 13.2 Å². The van der Waals surface area contributed by atoms with E-state index in [4.69, 9.17) is 4.74 Å². The third-order valence-electron chi connectivity index (χ3n) is 4.00. The Labute approximate surface area is 152 Å². The number of nitrogens with zero attached hydrogens (tertiary/aromatic N) is 1. The van der Waals surface area contributed by atoms with Gasteiger partial charge in [-0.05, 0) is 49.4 Å². The monoisotopic (exact) mass is 372 g/mol. The molecule has 3 aromatic rings. The second-order valence-corrected chi connectivity index (χ2v) is 7.97. The molecule has 2 aromatic carbocycles. The van der Waals surface area contributed by atoms with Gasteiger partial charge in [0.2, 0.25) is 0 Å². The average Bonchev–Trinajstić information content (AvgIpc) is 3.02. The Morgan fingerprint density at radius 1 is 1.15 bits per heavy atom. The number of sulfone groups is 1. The van der Waals surface area contributed by atoms with Gasteiger partial charge < -0.3 is 14.6 Å². The number of anilines is 1. The molecule has 0 aliphatic carbocycles. The Bertz CT molecular complexity index is 1050. The lowest BCUT2D eigenvalue weighted by Gasteiger charge is -2.09. The number of carbonyl (C=O) groups is 1. The molecule has 26 heavy (non-hydrogen) atoms. The minimum absolute atomic E-state index is 0.154. The molecular formula is C19H20N2O4S. The summed E-state index contributed by atoms with van der Waals surface area (Å²) < 4.78 is 30.6. The number of hydrogen-bond donors (Lipinski definition) is 1. The molecule has 0 radical (unpaired) electrons. The Hall–Kier alpha value is -2.80. The summed E-state index contributed by atoms with van der Waals surface area (Å²) >= 11 is 0. The first-order valence-corrected chi connectivity index (χ1v) is 10.1. The summed E-state index contributed by atoms with van der Waals surface area (Å²) in [6.07, 6.45) is 3.13. The van der Waals surface area contributed by atoms with Crippen molar-refractivity contribution in [3.05, 3.63) is 54.7 Å². The SMILES string of the molecule is CCn1ccc2cc(NC(=O)COc3cccc(S(C)(=O)=O)c3)ccc21. The number of carbonyl (C=O) groups excluding carboxylic acids is 1. The lowest BCUT2D eigenvalue weighted by Crippen LogP contribution is -2.20. The highest BCUT2D eigenvalue weighted by atomic mass is 32.2. The quantitative estimate of drug-likeness (QED) is 0.721. The molecule has 0 fully saturated rings. The fourth-order valence-corrected chi connectivity index (χ4v) is 3.35. The minimum atomic E-state index is -3.32. The second kappa shape index (κ2) is 7.21. The summed E-state index contributed by atoms with van der Waals surface area (Å²) in [7, 11) is -3.32. The van der Waals surface area contributed by atoms with Crippen LogP contribution in [0.25, 0.3) is 10.9 Å². The molecule has 1 aromatic heterocycles. The van der Waals surface area contributed by atoms with Crippen molar-refractivity contribution in [1.82, 2.24) is 4.57 Å². The fourth-order valence-electron chi connectivity index (χ4n) is 2.69. The molecule has 7 heteroatoms. The Morgan fingerprint density at radius 2 is 1.96 bits per heavy atom. The molecule has 3 rings (SSSR count). The predicted octanol–water partition coefficient (Wildman–Crippen LogP) is 3.08. The average molecular weight is 372 g/mol. The van der Waals surface area contributed by atoms with Gasteiger partial charge in [0.25, 0.3) is 5.91 Å². The van der Waals surface area contributed by atoms with Gasteiger partial charge >= 0.3 is 0 Å². The standard InChI is InChI=1S/C19H20N2O4S/c1-3-21-10-9-14-11-15(7-8-18(14)21)20-19(22)13-25-16-5-4-6-17(12-16)26(2,23)24/h4-12H,3,13H2,1-2H3,(H,20,22). The smallest absolute Gasteiger partial charge is 0.262 e. The van der Waals surface area contributed by atoms with Crippen molar-refractivity contribution >= 4 is 32.3 Å². The number of benzene rings is 2. The first-order chi connectivity index (χ1) is 12.4. The zero-order valence-corrected chi connectivity index (χ0v) is 15.4. The van der Waals surface area contributed by atoms with Crippen LogP contribution < -0.4 is 10.1 Å². The summed E-state index contributed by atoms with van der Waals surface area (Å²) in [6, 6.07) is 13.8. The van der Waals surface area contributed by atoms with Gasteiger partial charge in [0, 0.05) is 35.6 Å². The van der Waals surface area contributed by atoms with Gasteiger partial charge in [-0.3, -0.25) is 4.79 Å². The highest BCUT2D eigenvalue weighted by Gasteiger charge is 2.10. The van der Waals surface area contributed by atoms with Gasteiger partial charge in [-0.25, -0.2) is 8.42 Å². The summed E-state index contributed by atoms with van der Waals surface area (Å²) in [6.45, 7) is 2.75. The molecule has 1 amide bonds. The third-order valence-corrected chi connectivity index (χ3v) is 5.11. The van der Waals surface area contributed by atoms with Crippen LogP contribution in [0.15, 0.2) is 59.6 Å². The van der Waals surface area contributed by atoms with Gasteiger partial charge in [-0.15, -0.1) is 0 Å². The first kappa shape index (κ1) is 18.0. The summed E-state index contributed by atoms with van der Waals surface area (Å²) in [4.78, 5) is 12.3. The van der Waals surface area contributed by atoms with Crippen LogP contribution in [0.5, 0.6) is 5.75 Å². The van der Waals surface area contributed by atoms with E-state index < -0.39 is 9.84 Å². The van der Waals surface area contributed by atoms with Crippen molar-refractivity contribution in [2.45, 2.75) is 18.4 Å². The maximum absolute atomic E-state index is 12.1. The van der Waals surface area contributed by atoms with E-state index in [1.54, 1.807) is 12.1 Å². The number of hydrogen-bond acceptors (Lipinski definition) is 4. The van der Waals surface area contributed by atoms with Crippen molar-refractivity contribution in [1.29, 1.82) is 0 Å². The molecule has 0 aliphatic rings. The molecule has 0 unspecified atom stereocenters. The van der Waals surface area contributed by atoms with E-state index in [0.717, 1.165) is 23.7 Å². The van der Waals surface area contributed by atoms with Crippen molar-refractivity contribution in [3.8, 4) is 5.75 Å². The van der Waals surface area contributed by atoms with Crippen molar-refractivity contribution < 1.29 is 17.9 Å². The van der Waals surface area contributed by atoms with Crippen LogP contribution in [0, 0.1) is 0 Å². The highest BCUT2D eigenvalue weighted by molar-refractivity contribution is 7.90. The Balaban J connectivity index is 1.64. The van der Waals surface area contributed by atoms with Crippen LogP contribution in [-0.2, 0) is 21.2 Å². The van der Waals surface area contributed by atoms with E-state index in [0.29, 0.717) is 11.4 Å². The van der Waals surface area contributed by atoms with Crippen LogP contribution in [0.3, 0.4) is 0 Å². The highest BCUT2D eigenvalue weighted by Crippen LogP contribution is 2.21. The summed E-state index contributed by atoms with van der Waals surface area (Å²) in [5.74, 6) is 0.0163. The summed E-state index contributed by atoms with van der Waals surface area (Å²) in [5.41, 5.74) is 1.80. The molecule has 136 valence electrons. The van der Waals surface area contributed by atoms with Gasteiger partial charge in [-0.2, -0.15) is 0 Å². The first-order valence-electron chi connectivity index (χ1n) is 8.18. The lowest BCUT2D eigenvalue weighted by molar-refractivity contribution is -0.118. The fraction of sp³-hybridized carbons (Fsp3) is 0.211. The van der Waals surface area contributed by atoms with Crippen molar-refractivity contribution in [2.24, 2.45) is 0 Å². The molecule has 0 atom stereocenters. The molecule has 0 aliphatic heterocycles. The number of amides is 1. The number of nitrogens with one attached hydrogen (secondary N) is 1. The van der Waals surface area contributed by atoms with Crippen molar-refractivity contribution in [3.63, 3.8) is 0 Å². The van der Waals surface area contributed by atoms with E-state index in [1.807, 2.05) is 30.5 Å². The van der Waals surface area contributed by atoms with Gasteiger partial charge in [0.15, 0.2) is 16.4 Å². The van der Waals surface area contributed by atoms with Gasteiger partial charge in [-0.1, -0.05) is 6.07 Å². The number of ether oxygens (including phenoxy) is 1. The molecule has 1 heterocycles. The van der Waals surface area contributed by atoms with Crippen LogP contribution in [0.1, 0.15) is 6.92 Å². The normalized spacial score (nSPS) is 11.5. The van der Waals surface area contributed by atoms with E-state index >= 15 is 0 Å². The Morgan fingerprint density at radius 3 is 2.69 bits per heavy atom. The van der Waals surface area contributed by atoms with Crippen LogP contribution >= 0.6 is 0 Å². The topological polar surface area (TPSA) is 77.4 Å². The maximum atomic E-state index is 12.1. The largest absolute Gasteiger partial charge is 0.484 e. The molecule has 0 saturated heterocycles. The maximum Gasteiger partial charge on any atom is 0.262 e. The van der Waals surface area contributed by atoms with E-state index in [-0.39, 0.29) is 17.4 Å². The molecule has 0 spiro atoms. The zero-order chi connectivity index (χ0) is 18.7. The van der Waals surface area contributed by atoms with Crippen LogP contribution in [0.4, 0.5) is 5.69 Å². The molecule has 6 nitrogen and oxygen atoms in total. The van der Waals surface area contributed by atoms with Crippen LogP contribution in [0.2, 0.25) is 0 Å². The van der Waals surface area contributed by atoms with Gasteiger partial charge in [0.05, 0.1) is 4.90 Å². The van der Waals surface area contributed by atoms with E-state index in [2.05, 4.69) is 16.8 Å². The second-order valence-electron chi connectivity index (χ2n) is 5.96. The van der Waals surface area contributed by atoms with Crippen LogP contribution in [-0.4, -0.2) is 31.8 Å². The summed E-state index contributed by atoms with van der Waals surface area (Å²) in [5, 5.41) is 3.83.